The molecule has 1 unspecified atom stereocenters. The number of halogens is 7. The SMILES string of the molecule is O=C(Nc1ccc(Br)cc1C(=O)N[C@@H](CC1=CCC(c2ccccc2)C=C1)C(=O)O)c1cc(C(F)(F)F)cc(C(F)(F)F)c1. The summed E-state index contributed by atoms with van der Waals surface area (Å²) in [4.78, 5) is 38.1. The first-order chi connectivity index (χ1) is 20.6. The van der Waals surface area contributed by atoms with E-state index in [0.29, 0.717) is 16.5 Å². The van der Waals surface area contributed by atoms with Gasteiger partial charge in [-0.1, -0.05) is 64.5 Å². The smallest absolute Gasteiger partial charge is 0.416 e. The number of carboxylic acids is 1. The maximum atomic E-state index is 13.3. The summed E-state index contributed by atoms with van der Waals surface area (Å²) in [6.07, 6.45) is -4.21. The predicted molar refractivity (Wildman–Crippen MR) is 153 cm³/mol. The number of nitrogens with one attached hydrogen (secondary N) is 2. The lowest BCUT2D eigenvalue weighted by Gasteiger charge is -2.20. The number of alkyl halides is 6. The van der Waals surface area contributed by atoms with Gasteiger partial charge in [-0.05, 0) is 54.0 Å². The molecule has 230 valence electrons. The molecule has 0 radical (unpaired) electrons. The standard InChI is InChI=1S/C31H23BrF6N2O4/c32-23-10-11-25(39-27(41)20-13-21(30(33,34)35)15-22(14-20)31(36,37)38)24(16-23)28(42)40-26(29(43)44)12-17-6-8-19(9-7-17)18-4-2-1-3-5-18/h1-8,10-11,13-16,19,26H,9,12H2,(H,39,41)(H,40,42)(H,43,44)/t19?,26-/m0/s1. The van der Waals surface area contributed by atoms with Gasteiger partial charge >= 0.3 is 18.3 Å². The van der Waals surface area contributed by atoms with Gasteiger partial charge in [-0.2, -0.15) is 26.3 Å². The highest BCUT2D eigenvalue weighted by Crippen LogP contribution is 2.37. The monoisotopic (exact) mass is 680 g/mol. The Kier molecular flexibility index (Phi) is 9.67. The molecule has 0 saturated heterocycles. The molecule has 0 heterocycles. The molecular weight excluding hydrogens is 658 g/mol. The van der Waals surface area contributed by atoms with Gasteiger partial charge in [-0.25, -0.2) is 4.79 Å². The quantitative estimate of drug-likeness (QED) is 0.210. The Morgan fingerprint density at radius 1 is 0.886 bits per heavy atom. The molecule has 0 bridgehead atoms. The van der Waals surface area contributed by atoms with E-state index in [1.165, 1.54) is 18.2 Å². The molecule has 1 aliphatic carbocycles. The lowest BCUT2D eigenvalue weighted by Crippen LogP contribution is -2.41. The maximum Gasteiger partial charge on any atom is 0.416 e. The topological polar surface area (TPSA) is 95.5 Å². The Balaban J connectivity index is 1.53. The fraction of sp³-hybridized carbons (Fsp3) is 0.194. The molecule has 0 aromatic heterocycles. The van der Waals surface area contributed by atoms with Crippen molar-refractivity contribution in [2.24, 2.45) is 0 Å². The van der Waals surface area contributed by atoms with Gasteiger partial charge in [0.15, 0.2) is 0 Å². The van der Waals surface area contributed by atoms with Crippen molar-refractivity contribution in [1.82, 2.24) is 5.32 Å². The predicted octanol–water partition coefficient (Wildman–Crippen LogP) is 7.98. The molecule has 2 atom stereocenters. The third-order valence-corrected chi connectivity index (χ3v) is 7.27. The third-order valence-electron chi connectivity index (χ3n) is 6.77. The lowest BCUT2D eigenvalue weighted by molar-refractivity contribution is -0.143. The summed E-state index contributed by atoms with van der Waals surface area (Å²) in [5.41, 5.74) is -3.11. The summed E-state index contributed by atoms with van der Waals surface area (Å²) in [5, 5.41) is 14.4. The first-order valence-electron chi connectivity index (χ1n) is 13.0. The van der Waals surface area contributed by atoms with Crippen LogP contribution in [-0.2, 0) is 17.1 Å². The van der Waals surface area contributed by atoms with Crippen LogP contribution in [0.4, 0.5) is 32.0 Å². The Bertz CT molecular complexity index is 1600. The number of rotatable bonds is 8. The number of anilines is 1. The second-order valence-electron chi connectivity index (χ2n) is 9.90. The van der Waals surface area contributed by atoms with Crippen molar-refractivity contribution in [3.8, 4) is 0 Å². The van der Waals surface area contributed by atoms with E-state index in [4.69, 9.17) is 0 Å². The van der Waals surface area contributed by atoms with Crippen LogP contribution in [0.5, 0.6) is 0 Å². The van der Waals surface area contributed by atoms with Gasteiger partial charge in [-0.3, -0.25) is 9.59 Å². The van der Waals surface area contributed by atoms with E-state index in [2.05, 4.69) is 26.6 Å². The fourth-order valence-electron chi connectivity index (χ4n) is 4.53. The third kappa shape index (κ3) is 8.16. The molecular formula is C31H23BrF6N2O4. The van der Waals surface area contributed by atoms with Crippen molar-refractivity contribution in [3.05, 3.63) is 123 Å². The summed E-state index contributed by atoms with van der Waals surface area (Å²) in [6, 6.07) is 12.5. The minimum atomic E-state index is -5.17. The lowest BCUT2D eigenvalue weighted by atomic mass is 9.88. The number of carbonyl (C=O) groups is 3. The van der Waals surface area contributed by atoms with Crippen molar-refractivity contribution in [2.75, 3.05) is 5.32 Å². The summed E-state index contributed by atoms with van der Waals surface area (Å²) < 4.78 is 80.0. The molecule has 44 heavy (non-hydrogen) atoms. The minimum absolute atomic E-state index is 0.0702. The van der Waals surface area contributed by atoms with Gasteiger partial charge in [0.05, 0.1) is 22.4 Å². The molecule has 0 aliphatic heterocycles. The van der Waals surface area contributed by atoms with Crippen molar-refractivity contribution in [3.63, 3.8) is 0 Å². The minimum Gasteiger partial charge on any atom is -0.480 e. The van der Waals surface area contributed by atoms with E-state index < -0.39 is 52.9 Å². The highest BCUT2D eigenvalue weighted by molar-refractivity contribution is 9.10. The number of amides is 2. The second kappa shape index (κ2) is 13.1. The van der Waals surface area contributed by atoms with Gasteiger partial charge in [0.2, 0.25) is 0 Å². The zero-order valence-corrected chi connectivity index (χ0v) is 24.1. The van der Waals surface area contributed by atoms with E-state index in [9.17, 15) is 45.8 Å². The van der Waals surface area contributed by atoms with E-state index >= 15 is 0 Å². The van der Waals surface area contributed by atoms with Gasteiger partial charge in [0, 0.05) is 22.4 Å². The van der Waals surface area contributed by atoms with Crippen LogP contribution in [0.1, 0.15) is 56.2 Å². The summed E-state index contributed by atoms with van der Waals surface area (Å²) >= 11 is 3.16. The summed E-state index contributed by atoms with van der Waals surface area (Å²) in [6.45, 7) is 0. The van der Waals surface area contributed by atoms with Crippen LogP contribution in [0.2, 0.25) is 0 Å². The van der Waals surface area contributed by atoms with E-state index in [1.54, 1.807) is 6.08 Å². The number of allylic oxidation sites excluding steroid dienone is 3. The molecule has 3 aromatic rings. The normalized spacial score (nSPS) is 15.7. The second-order valence-corrected chi connectivity index (χ2v) is 10.8. The molecule has 0 fully saturated rings. The van der Waals surface area contributed by atoms with E-state index in [0.717, 1.165) is 5.56 Å². The van der Waals surface area contributed by atoms with Crippen LogP contribution in [-0.4, -0.2) is 28.9 Å². The van der Waals surface area contributed by atoms with Crippen molar-refractivity contribution < 1.29 is 45.8 Å². The highest BCUT2D eigenvalue weighted by Gasteiger charge is 2.37. The van der Waals surface area contributed by atoms with Gasteiger partial charge in [0.1, 0.15) is 6.04 Å². The summed E-state index contributed by atoms with van der Waals surface area (Å²) in [5.74, 6) is -3.54. The van der Waals surface area contributed by atoms with Crippen LogP contribution in [0.25, 0.3) is 0 Å². The molecule has 3 aromatic carbocycles. The number of hydrogen-bond donors (Lipinski definition) is 3. The van der Waals surface area contributed by atoms with Gasteiger partial charge in [-0.15, -0.1) is 0 Å². The molecule has 2 amide bonds. The number of carboxylic acid groups (broad SMARTS) is 1. The Morgan fingerprint density at radius 3 is 2.07 bits per heavy atom. The van der Waals surface area contributed by atoms with Crippen molar-refractivity contribution in [1.29, 1.82) is 0 Å². The Hall–Kier alpha value is -4.39. The largest absolute Gasteiger partial charge is 0.480 e. The number of hydrogen-bond acceptors (Lipinski definition) is 3. The zero-order chi connectivity index (χ0) is 32.2. The van der Waals surface area contributed by atoms with Crippen molar-refractivity contribution in [2.45, 2.75) is 37.2 Å². The molecule has 0 spiro atoms. The first kappa shape index (κ1) is 32.5. The van der Waals surface area contributed by atoms with Gasteiger partial charge in [0.25, 0.3) is 11.8 Å². The number of benzene rings is 3. The Labute approximate surface area is 255 Å². The maximum absolute atomic E-state index is 13.3. The molecule has 3 N–H and O–H groups in total. The zero-order valence-electron chi connectivity index (χ0n) is 22.5. The molecule has 1 aliphatic rings. The van der Waals surface area contributed by atoms with Crippen LogP contribution < -0.4 is 10.6 Å². The number of aliphatic carboxylic acids is 1. The average molecular weight is 681 g/mol. The first-order valence-corrected chi connectivity index (χ1v) is 13.8. The molecule has 0 saturated carbocycles. The highest BCUT2D eigenvalue weighted by atomic mass is 79.9. The number of carbonyl (C=O) groups excluding carboxylic acids is 2. The van der Waals surface area contributed by atoms with Crippen LogP contribution in [0, 0.1) is 0 Å². The fourth-order valence-corrected chi connectivity index (χ4v) is 4.89. The summed E-state index contributed by atoms with van der Waals surface area (Å²) in [7, 11) is 0. The van der Waals surface area contributed by atoms with Gasteiger partial charge < -0.3 is 15.7 Å². The molecule has 4 rings (SSSR count). The van der Waals surface area contributed by atoms with E-state index in [-0.39, 0.29) is 41.8 Å². The molecule has 13 heteroatoms. The Morgan fingerprint density at radius 2 is 1.52 bits per heavy atom. The van der Waals surface area contributed by atoms with Crippen LogP contribution >= 0.6 is 15.9 Å². The van der Waals surface area contributed by atoms with Crippen LogP contribution in [0.3, 0.4) is 0 Å². The molecule has 6 nitrogen and oxygen atoms in total. The van der Waals surface area contributed by atoms with Crippen molar-refractivity contribution >= 4 is 39.4 Å². The average Bonchev–Trinajstić information content (AvgIpc) is 2.97. The van der Waals surface area contributed by atoms with E-state index in [1.807, 2.05) is 42.5 Å². The van der Waals surface area contributed by atoms with Crippen LogP contribution in [0.15, 0.2) is 95.0 Å².